The molecule has 0 bridgehead atoms. The minimum absolute atomic E-state index is 0.169. The molecule has 0 radical (unpaired) electrons. The van der Waals surface area contributed by atoms with E-state index in [1.54, 1.807) is 0 Å². The van der Waals surface area contributed by atoms with Crippen molar-refractivity contribution in [2.24, 2.45) is 0 Å². The first-order valence-corrected chi connectivity index (χ1v) is 10.2. The molecule has 8 nitrogen and oxygen atoms in total. The van der Waals surface area contributed by atoms with Crippen LogP contribution in [0.5, 0.6) is 11.5 Å². The predicted molar refractivity (Wildman–Crippen MR) is 84.6 cm³/mol. The normalized spacial score (nSPS) is 13.4. The van der Waals surface area contributed by atoms with Crippen LogP contribution in [0.3, 0.4) is 0 Å². The Bertz CT molecular complexity index is 845. The van der Waals surface area contributed by atoms with Gasteiger partial charge in [-0.25, -0.2) is 0 Å². The number of phenols is 2. The number of hydrogen-bond acceptors (Lipinski definition) is 6. The summed E-state index contributed by atoms with van der Waals surface area (Å²) in [5, 5.41) is 17.3. The molecular weight excluding hydrogens is 526 g/mol. The Kier molecular flexibility index (Phi) is 10.7. The molecule has 0 heterocycles. The van der Waals surface area contributed by atoms with Gasteiger partial charge in [0.1, 0.15) is 23.0 Å². The molecular formula is C12H12F10O8S2. The van der Waals surface area contributed by atoms with E-state index in [2.05, 4.69) is 0 Å². The van der Waals surface area contributed by atoms with Crippen LogP contribution in [-0.4, -0.2) is 71.9 Å². The summed E-state index contributed by atoms with van der Waals surface area (Å²) in [7, 11) is -10.7. The first-order valence-electron chi connectivity index (χ1n) is 6.97. The predicted octanol–water partition coefficient (Wildman–Crippen LogP) is 3.24. The quantitative estimate of drug-likeness (QED) is 0.259. The molecule has 0 saturated heterocycles. The standard InChI is InChI=1S/C6H6O2.2C3H3F5O3S/c7-5-1-2-6(8)4-3-5;2*4-2(5,3(6,7)8)1-12(9,10)11/h1-4,7-8H;2*1H2,(H,9,10,11). The topological polar surface area (TPSA) is 149 Å². The van der Waals surface area contributed by atoms with E-state index in [1.165, 1.54) is 24.3 Å². The number of rotatable bonds is 4. The molecule has 0 amide bonds. The van der Waals surface area contributed by atoms with Gasteiger partial charge in [-0.3, -0.25) is 9.11 Å². The van der Waals surface area contributed by atoms with E-state index in [9.17, 15) is 60.7 Å². The molecule has 0 unspecified atom stereocenters. The summed E-state index contributed by atoms with van der Waals surface area (Å²) in [6.45, 7) is 0. The highest BCUT2D eigenvalue weighted by Gasteiger charge is 2.60. The van der Waals surface area contributed by atoms with Crippen molar-refractivity contribution < 1.29 is 80.1 Å². The summed E-state index contributed by atoms with van der Waals surface area (Å²) in [6, 6.07) is 5.70. The Morgan fingerprint density at radius 3 is 0.844 bits per heavy atom. The van der Waals surface area contributed by atoms with Gasteiger partial charge in [0.2, 0.25) is 0 Å². The molecule has 0 atom stereocenters. The minimum atomic E-state index is -5.97. The summed E-state index contributed by atoms with van der Waals surface area (Å²) >= 11 is 0. The van der Waals surface area contributed by atoms with Crippen LogP contribution in [0.15, 0.2) is 24.3 Å². The number of phenolic OH excluding ortho intramolecular Hbond substituents is 2. The van der Waals surface area contributed by atoms with E-state index in [0.29, 0.717) is 0 Å². The molecule has 1 aromatic rings. The third-order valence-corrected chi connectivity index (χ3v) is 3.86. The van der Waals surface area contributed by atoms with Crippen LogP contribution < -0.4 is 0 Å². The number of benzene rings is 1. The van der Waals surface area contributed by atoms with Crippen LogP contribution in [0.25, 0.3) is 0 Å². The van der Waals surface area contributed by atoms with Crippen molar-refractivity contribution in [2.45, 2.75) is 24.2 Å². The summed E-state index contributed by atoms with van der Waals surface area (Å²) in [5.41, 5.74) is 0. The van der Waals surface area contributed by atoms with Gasteiger partial charge in [-0.2, -0.15) is 60.7 Å². The lowest BCUT2D eigenvalue weighted by Gasteiger charge is -2.17. The molecule has 1 aromatic carbocycles. The highest BCUT2D eigenvalue weighted by Crippen LogP contribution is 2.36. The molecule has 0 aliphatic heterocycles. The lowest BCUT2D eigenvalue weighted by molar-refractivity contribution is -0.271. The third kappa shape index (κ3) is 14.1. The second-order valence-corrected chi connectivity index (χ2v) is 8.28. The SMILES string of the molecule is O=S(=O)(O)CC(F)(F)C(F)(F)F.O=S(=O)(O)CC(F)(F)C(F)(F)F.Oc1ccc(O)cc1. The summed E-state index contributed by atoms with van der Waals surface area (Å²) in [6.07, 6.45) is -11.9. The van der Waals surface area contributed by atoms with Crippen molar-refractivity contribution in [3.8, 4) is 11.5 Å². The summed E-state index contributed by atoms with van der Waals surface area (Å²) in [5.74, 6) is -15.8. The van der Waals surface area contributed by atoms with Crippen LogP contribution in [-0.2, 0) is 20.2 Å². The number of hydrogen-bond donors (Lipinski definition) is 4. The van der Waals surface area contributed by atoms with Crippen molar-refractivity contribution in [1.82, 2.24) is 0 Å². The monoisotopic (exact) mass is 538 g/mol. The van der Waals surface area contributed by atoms with Gasteiger partial charge in [-0.1, -0.05) is 0 Å². The van der Waals surface area contributed by atoms with E-state index in [1.807, 2.05) is 0 Å². The Morgan fingerprint density at radius 1 is 0.562 bits per heavy atom. The molecule has 0 fully saturated rings. The van der Waals surface area contributed by atoms with Crippen molar-refractivity contribution in [1.29, 1.82) is 0 Å². The fraction of sp³-hybridized carbons (Fsp3) is 0.500. The average Bonchev–Trinajstić information content (AvgIpc) is 2.44. The Labute approximate surface area is 172 Å². The zero-order chi connectivity index (χ0) is 26.4. The fourth-order valence-corrected chi connectivity index (χ4v) is 2.32. The molecule has 0 saturated carbocycles. The van der Waals surface area contributed by atoms with Gasteiger partial charge in [0, 0.05) is 0 Å². The van der Waals surface area contributed by atoms with Gasteiger partial charge in [0.15, 0.2) is 0 Å². The second kappa shape index (κ2) is 10.7. The number of aromatic hydroxyl groups is 2. The highest BCUT2D eigenvalue weighted by atomic mass is 32.2. The van der Waals surface area contributed by atoms with Gasteiger partial charge in [-0.15, -0.1) is 0 Å². The van der Waals surface area contributed by atoms with Crippen LogP contribution in [0, 0.1) is 0 Å². The molecule has 190 valence electrons. The first-order chi connectivity index (χ1) is 13.7. The zero-order valence-electron chi connectivity index (χ0n) is 14.7. The molecule has 0 aliphatic rings. The number of halogens is 10. The maximum Gasteiger partial charge on any atom is 0.454 e. The van der Waals surface area contributed by atoms with Gasteiger partial charge in [-0.05, 0) is 24.3 Å². The van der Waals surface area contributed by atoms with Crippen molar-refractivity contribution in [3.05, 3.63) is 24.3 Å². The van der Waals surface area contributed by atoms with E-state index >= 15 is 0 Å². The van der Waals surface area contributed by atoms with Crippen molar-refractivity contribution in [3.63, 3.8) is 0 Å². The maximum atomic E-state index is 11.8. The molecule has 0 aromatic heterocycles. The smallest absolute Gasteiger partial charge is 0.454 e. The molecule has 20 heteroatoms. The molecule has 1 rings (SSSR count). The van der Waals surface area contributed by atoms with Gasteiger partial charge in [0.05, 0.1) is 0 Å². The second-order valence-electron chi connectivity index (χ2n) is 5.37. The zero-order valence-corrected chi connectivity index (χ0v) is 16.4. The minimum Gasteiger partial charge on any atom is -0.508 e. The van der Waals surface area contributed by atoms with E-state index in [0.717, 1.165) is 0 Å². The van der Waals surface area contributed by atoms with Gasteiger partial charge < -0.3 is 10.2 Å². The third-order valence-electron chi connectivity index (χ3n) is 2.41. The molecule has 32 heavy (non-hydrogen) atoms. The fourth-order valence-electron chi connectivity index (χ4n) is 1.07. The van der Waals surface area contributed by atoms with Crippen molar-refractivity contribution in [2.75, 3.05) is 11.5 Å². The van der Waals surface area contributed by atoms with Crippen LogP contribution in [0.1, 0.15) is 0 Å². The van der Waals surface area contributed by atoms with Crippen LogP contribution in [0.4, 0.5) is 43.9 Å². The van der Waals surface area contributed by atoms with Crippen LogP contribution >= 0.6 is 0 Å². The lowest BCUT2D eigenvalue weighted by atomic mass is 10.3. The molecule has 4 N–H and O–H groups in total. The average molecular weight is 538 g/mol. The van der Waals surface area contributed by atoms with E-state index in [-0.39, 0.29) is 11.5 Å². The highest BCUT2D eigenvalue weighted by molar-refractivity contribution is 7.86. The van der Waals surface area contributed by atoms with Gasteiger partial charge in [0.25, 0.3) is 20.2 Å². The maximum absolute atomic E-state index is 11.8. The first kappa shape index (κ1) is 32.1. The van der Waals surface area contributed by atoms with Crippen LogP contribution in [0.2, 0.25) is 0 Å². The van der Waals surface area contributed by atoms with Gasteiger partial charge >= 0.3 is 24.2 Å². The Morgan fingerprint density at radius 2 is 0.750 bits per heavy atom. The summed E-state index contributed by atoms with van der Waals surface area (Å²) < 4.78 is 169. The molecule has 0 spiro atoms. The number of alkyl halides is 10. The Hall–Kier alpha value is -2.06. The molecule has 0 aliphatic carbocycles. The van der Waals surface area contributed by atoms with E-state index in [4.69, 9.17) is 19.3 Å². The largest absolute Gasteiger partial charge is 0.508 e. The van der Waals surface area contributed by atoms with E-state index < -0.39 is 55.9 Å². The Balaban J connectivity index is 0. The lowest BCUT2D eigenvalue weighted by Crippen LogP contribution is -2.42. The summed E-state index contributed by atoms with van der Waals surface area (Å²) in [4.78, 5) is 0. The van der Waals surface area contributed by atoms with Crippen molar-refractivity contribution >= 4 is 20.2 Å².